The lowest BCUT2D eigenvalue weighted by molar-refractivity contribution is -0.493. The molecule has 1 atom stereocenters. The number of nitrogens with zero attached hydrogens (tertiary/aromatic N) is 5. The molecule has 0 bridgehead atoms. The van der Waals surface area contributed by atoms with Gasteiger partial charge in [-0.05, 0) is 92.8 Å². The minimum absolute atomic E-state index is 0.00489. The Hall–Kier alpha value is -5.31. The van der Waals surface area contributed by atoms with Crippen molar-refractivity contribution in [2.75, 3.05) is 79.2 Å². The molecule has 1 aromatic heterocycles. The van der Waals surface area contributed by atoms with Crippen LogP contribution in [0.3, 0.4) is 0 Å². The predicted octanol–water partition coefficient (Wildman–Crippen LogP) is 6.49. The quantitative estimate of drug-likeness (QED) is 0.0263. The molecule has 2 heterocycles. The minimum atomic E-state index is -0.943. The Kier molecular flexibility index (Phi) is 20.2. The smallest absolute Gasteiger partial charge is 0.489 e. The highest BCUT2D eigenvalue weighted by Gasteiger charge is 2.54. The summed E-state index contributed by atoms with van der Waals surface area (Å²) in [5.74, 6) is -1.81. The van der Waals surface area contributed by atoms with Gasteiger partial charge >= 0.3 is 12.2 Å². The number of hydrogen-bond acceptors (Lipinski definition) is 19. The van der Waals surface area contributed by atoms with Gasteiger partial charge in [0.15, 0.2) is 11.6 Å². The average Bonchev–Trinajstić information content (AvgIpc) is 4.29. The summed E-state index contributed by atoms with van der Waals surface area (Å²) in [6, 6.07) is 11.5. The van der Waals surface area contributed by atoms with Crippen LogP contribution in [0.25, 0.3) is 5.57 Å². The molecular weight excluding hydrogens is 952 g/mol. The Balaban J connectivity index is 1.14. The summed E-state index contributed by atoms with van der Waals surface area (Å²) in [5.41, 5.74) is 4.06. The highest BCUT2D eigenvalue weighted by molar-refractivity contribution is 6.32. The lowest BCUT2D eigenvalue weighted by Crippen LogP contribution is -2.46. The third-order valence-electron chi connectivity index (χ3n) is 11.5. The summed E-state index contributed by atoms with van der Waals surface area (Å²) in [6.07, 6.45) is 3.35. The molecule has 1 spiro atoms. The highest BCUT2D eigenvalue weighted by Crippen LogP contribution is 2.59. The molecule has 2 aromatic carbocycles. The van der Waals surface area contributed by atoms with Gasteiger partial charge in [0.25, 0.3) is 5.91 Å². The lowest BCUT2D eigenvalue weighted by atomic mass is 9.81. The largest absolute Gasteiger partial charge is 0.508 e. The van der Waals surface area contributed by atoms with E-state index in [1.807, 2.05) is 42.2 Å². The lowest BCUT2D eigenvalue weighted by Gasteiger charge is -2.38. The van der Waals surface area contributed by atoms with Crippen molar-refractivity contribution >= 4 is 35.3 Å². The summed E-state index contributed by atoms with van der Waals surface area (Å²) in [6.45, 7) is 3.55. The zero-order valence-electron chi connectivity index (χ0n) is 38.8. The van der Waals surface area contributed by atoms with Gasteiger partial charge in [0.1, 0.15) is 36.8 Å². The Morgan fingerprint density at radius 1 is 0.843 bits per heavy atom. The van der Waals surface area contributed by atoms with Gasteiger partial charge in [-0.2, -0.15) is 0 Å². The Labute approximate surface area is 407 Å². The van der Waals surface area contributed by atoms with E-state index in [4.69, 9.17) is 65.6 Å². The summed E-state index contributed by atoms with van der Waals surface area (Å²) in [5, 5.41) is 33.1. The molecule has 4 N–H and O–H groups in total. The summed E-state index contributed by atoms with van der Waals surface area (Å²) in [7, 11) is 0. The van der Waals surface area contributed by atoms with Gasteiger partial charge in [0.2, 0.25) is 5.88 Å². The SMILES string of the molecule is Cc1c(CN(C(=O)C2=C(c3ccc(CCCOc4c(F)ccc(F)c4Cl)cc3)C3(CC3)CN(C(=O)OCCOCCON(O)O)C2)C2CC2)ccnc1OCC(C)OC(=O)OCCOCCON(O)O. The maximum absolute atomic E-state index is 15.2. The fourth-order valence-corrected chi connectivity index (χ4v) is 8.00. The second-order valence-corrected chi connectivity index (χ2v) is 17.1. The number of amides is 2. The van der Waals surface area contributed by atoms with Crippen molar-refractivity contribution in [1.29, 1.82) is 0 Å². The van der Waals surface area contributed by atoms with Gasteiger partial charge in [-0.3, -0.25) is 25.6 Å². The first kappa shape index (κ1) is 54.0. The van der Waals surface area contributed by atoms with E-state index in [1.165, 1.54) is 0 Å². The fraction of sp³-hybridized carbons (Fsp3) is 0.522. The van der Waals surface area contributed by atoms with Crippen LogP contribution in [0.2, 0.25) is 5.02 Å². The second-order valence-electron chi connectivity index (χ2n) is 16.7. The molecule has 0 radical (unpaired) electrons. The number of rotatable bonds is 28. The van der Waals surface area contributed by atoms with Crippen molar-refractivity contribution in [3.63, 3.8) is 0 Å². The maximum atomic E-state index is 15.2. The molecule has 0 saturated heterocycles. The first-order chi connectivity index (χ1) is 33.7. The number of hydrogen-bond donors (Lipinski definition) is 4. The van der Waals surface area contributed by atoms with E-state index >= 15 is 4.79 Å². The van der Waals surface area contributed by atoms with Gasteiger partial charge in [0.05, 0.1) is 63.6 Å². The van der Waals surface area contributed by atoms with Crippen molar-refractivity contribution in [2.24, 2.45) is 5.41 Å². The second kappa shape index (κ2) is 26.2. The summed E-state index contributed by atoms with van der Waals surface area (Å²) in [4.78, 5) is 57.6. The van der Waals surface area contributed by atoms with Crippen LogP contribution in [0.15, 0.2) is 54.2 Å². The molecule has 1 unspecified atom stereocenters. The van der Waals surface area contributed by atoms with Crippen LogP contribution in [0, 0.1) is 24.0 Å². The van der Waals surface area contributed by atoms with Gasteiger partial charge in [-0.1, -0.05) is 35.9 Å². The number of aromatic nitrogens is 1. The highest BCUT2D eigenvalue weighted by atomic mass is 35.5. The van der Waals surface area contributed by atoms with Gasteiger partial charge in [-0.15, -0.1) is 0 Å². The van der Waals surface area contributed by atoms with E-state index in [0.717, 1.165) is 60.1 Å². The van der Waals surface area contributed by atoms with E-state index in [9.17, 15) is 18.4 Å². The monoisotopic (exact) mass is 1010 g/mol. The van der Waals surface area contributed by atoms with Crippen molar-refractivity contribution < 1.29 is 86.8 Å². The zero-order chi connectivity index (χ0) is 50.2. The third kappa shape index (κ3) is 15.8. The molecule has 21 nitrogen and oxygen atoms in total. The van der Waals surface area contributed by atoms with Gasteiger partial charge in [-0.25, -0.2) is 33.0 Å². The topological polar surface area (TPSA) is 241 Å². The van der Waals surface area contributed by atoms with Crippen LogP contribution in [-0.4, -0.2) is 156 Å². The molecule has 2 fully saturated rings. The number of carbonyl (C=O) groups is 3. The standard InChI is InChI=1S/C46H58ClF2N5O16/c1-30(70-45(57)66-23-19-63-21-25-69-54(60)61)28-67-42-31(2)34(13-16-50-42)26-52(35-9-10-35)43(55)36-27-51(44(56)65-22-18-62-20-24-68-53(58)59)29-46(14-15-46)39(36)33-7-5-32(6-8-33)4-3-17-64-41-38(49)12-11-37(48)40(41)47/h5-8,11-13,16,30,35,58-61H,3-4,9-10,14-15,17-29H2,1-2H3. The number of benzene rings is 2. The molecule has 6 rings (SSSR count). The molecule has 1 aliphatic heterocycles. The molecule has 2 amide bonds. The molecule has 3 aromatic rings. The number of halogens is 3. The Morgan fingerprint density at radius 3 is 2.13 bits per heavy atom. The third-order valence-corrected chi connectivity index (χ3v) is 11.9. The van der Waals surface area contributed by atoms with Crippen molar-refractivity contribution in [2.45, 2.75) is 71.1 Å². The van der Waals surface area contributed by atoms with Crippen LogP contribution in [0.4, 0.5) is 18.4 Å². The van der Waals surface area contributed by atoms with E-state index in [1.54, 1.807) is 18.0 Å². The average molecular weight is 1010 g/mol. The van der Waals surface area contributed by atoms with Crippen molar-refractivity contribution in [3.8, 4) is 11.6 Å². The molecule has 2 saturated carbocycles. The van der Waals surface area contributed by atoms with Crippen LogP contribution in [-0.2, 0) is 51.1 Å². The minimum Gasteiger partial charge on any atom is -0.489 e. The molecule has 2 aliphatic carbocycles. The Morgan fingerprint density at radius 2 is 1.49 bits per heavy atom. The molecule has 24 heteroatoms. The molecule has 70 heavy (non-hydrogen) atoms. The number of carbonyl (C=O) groups excluding carboxylic acids is 3. The van der Waals surface area contributed by atoms with Crippen molar-refractivity contribution in [1.82, 2.24) is 25.6 Å². The summed E-state index contributed by atoms with van der Waals surface area (Å²) >= 11 is 5.92. The number of aryl methyl sites for hydroxylation is 1. The van der Waals surface area contributed by atoms with E-state index in [0.29, 0.717) is 30.5 Å². The van der Waals surface area contributed by atoms with Gasteiger partial charge in [0, 0.05) is 41.9 Å². The van der Waals surface area contributed by atoms with E-state index in [-0.39, 0.29) is 103 Å². The summed E-state index contributed by atoms with van der Waals surface area (Å²) < 4.78 is 66.0. The zero-order valence-corrected chi connectivity index (χ0v) is 39.5. The normalized spacial score (nSPS) is 15.6. The van der Waals surface area contributed by atoms with E-state index < -0.39 is 51.2 Å². The number of pyridine rings is 1. The van der Waals surface area contributed by atoms with Crippen LogP contribution < -0.4 is 9.47 Å². The molecule has 3 aliphatic rings. The molecule has 384 valence electrons. The maximum Gasteiger partial charge on any atom is 0.508 e. The van der Waals surface area contributed by atoms with Gasteiger partial charge < -0.3 is 43.0 Å². The van der Waals surface area contributed by atoms with Crippen molar-refractivity contribution in [3.05, 3.63) is 93.1 Å². The van der Waals surface area contributed by atoms with Crippen LogP contribution in [0.5, 0.6) is 11.6 Å². The first-order valence-electron chi connectivity index (χ1n) is 22.7. The first-order valence-corrected chi connectivity index (χ1v) is 23.0. The van der Waals surface area contributed by atoms with Crippen LogP contribution in [0.1, 0.15) is 61.3 Å². The number of ether oxygens (including phenoxy) is 7. The van der Waals surface area contributed by atoms with E-state index in [2.05, 4.69) is 14.7 Å². The Bertz CT molecular complexity index is 2250. The fourth-order valence-electron chi connectivity index (χ4n) is 7.80. The predicted molar refractivity (Wildman–Crippen MR) is 237 cm³/mol. The van der Waals surface area contributed by atoms with Crippen LogP contribution >= 0.6 is 11.6 Å². The molecular formula is C46H58ClF2N5O16.